The summed E-state index contributed by atoms with van der Waals surface area (Å²) in [6, 6.07) is 0.795. The van der Waals surface area contributed by atoms with E-state index in [2.05, 4.69) is 28.8 Å². The second kappa shape index (κ2) is 8.97. The highest BCUT2D eigenvalue weighted by Crippen LogP contribution is 2.21. The number of hydrogen-bond acceptors (Lipinski definition) is 2. The molecule has 4 nitrogen and oxygen atoms in total. The summed E-state index contributed by atoms with van der Waals surface area (Å²) in [7, 11) is 2.24. The van der Waals surface area contributed by atoms with E-state index in [4.69, 9.17) is 5.73 Å². The Bertz CT molecular complexity index is 293. The third kappa shape index (κ3) is 7.21. The van der Waals surface area contributed by atoms with Gasteiger partial charge in [-0.25, -0.2) is 4.99 Å². The first-order chi connectivity index (χ1) is 9.09. The van der Waals surface area contributed by atoms with Crippen LogP contribution in [0.4, 0.5) is 0 Å². The van der Waals surface area contributed by atoms with E-state index in [1.54, 1.807) is 0 Å². The minimum atomic E-state index is 0.531. The van der Waals surface area contributed by atoms with Crippen LogP contribution in [0.2, 0.25) is 0 Å². The monoisotopic (exact) mass is 266 g/mol. The van der Waals surface area contributed by atoms with Gasteiger partial charge in [0.1, 0.15) is 0 Å². The van der Waals surface area contributed by atoms with Gasteiger partial charge in [-0.15, -0.1) is 0 Å². The van der Waals surface area contributed by atoms with Crippen molar-refractivity contribution in [2.24, 2.45) is 10.7 Å². The van der Waals surface area contributed by atoms with E-state index in [9.17, 15) is 0 Å². The van der Waals surface area contributed by atoms with Gasteiger partial charge < -0.3 is 16.0 Å². The van der Waals surface area contributed by atoms with Crippen molar-refractivity contribution in [1.29, 1.82) is 0 Å². The van der Waals surface area contributed by atoms with Crippen LogP contribution in [0.1, 0.15) is 45.4 Å². The molecule has 0 radical (unpaired) electrons. The maximum atomic E-state index is 5.77. The molecule has 3 N–H and O–H groups in total. The molecule has 0 aromatic heterocycles. The largest absolute Gasteiger partial charge is 0.370 e. The predicted octanol–water partition coefficient (Wildman–Crippen LogP) is 2.12. The van der Waals surface area contributed by atoms with Crippen molar-refractivity contribution in [2.45, 2.75) is 51.5 Å². The molecule has 0 heterocycles. The highest BCUT2D eigenvalue weighted by atomic mass is 15.1. The minimum absolute atomic E-state index is 0.531. The van der Waals surface area contributed by atoms with Crippen LogP contribution in [0.25, 0.3) is 0 Å². The number of nitrogens with one attached hydrogen (secondary N) is 1. The highest BCUT2D eigenvalue weighted by molar-refractivity contribution is 5.77. The summed E-state index contributed by atoms with van der Waals surface area (Å²) in [4.78, 5) is 6.70. The molecule has 110 valence electrons. The van der Waals surface area contributed by atoms with Gasteiger partial charge in [-0.3, -0.25) is 0 Å². The maximum Gasteiger partial charge on any atom is 0.188 e. The van der Waals surface area contributed by atoms with Crippen LogP contribution in [-0.4, -0.2) is 43.6 Å². The molecule has 19 heavy (non-hydrogen) atoms. The standard InChI is InChI=1S/C15H30N4/c1-13(2)12-18-15(16)17-10-7-11-19(3)14-8-5-4-6-9-14/h14H,1,4-12H2,2-3H3,(H3,16,17,18). The van der Waals surface area contributed by atoms with Gasteiger partial charge in [0, 0.05) is 12.6 Å². The van der Waals surface area contributed by atoms with E-state index in [0.717, 1.165) is 31.1 Å². The Balaban J connectivity index is 2.09. The topological polar surface area (TPSA) is 53.6 Å². The first-order valence-corrected chi connectivity index (χ1v) is 7.48. The fraction of sp³-hybridized carbons (Fsp3) is 0.800. The van der Waals surface area contributed by atoms with Crippen LogP contribution < -0.4 is 11.1 Å². The predicted molar refractivity (Wildman–Crippen MR) is 83.4 cm³/mol. The Kier molecular flexibility index (Phi) is 7.56. The van der Waals surface area contributed by atoms with E-state index in [1.165, 1.54) is 32.1 Å². The smallest absolute Gasteiger partial charge is 0.188 e. The number of aliphatic imine (C=N–C) groups is 1. The fourth-order valence-electron chi connectivity index (χ4n) is 2.53. The lowest BCUT2D eigenvalue weighted by Gasteiger charge is -2.31. The van der Waals surface area contributed by atoms with Crippen molar-refractivity contribution in [3.05, 3.63) is 12.2 Å². The molecule has 1 saturated carbocycles. The Morgan fingerprint density at radius 2 is 2.05 bits per heavy atom. The van der Waals surface area contributed by atoms with E-state index in [1.807, 2.05) is 6.92 Å². The van der Waals surface area contributed by atoms with E-state index >= 15 is 0 Å². The fourth-order valence-corrected chi connectivity index (χ4v) is 2.53. The van der Waals surface area contributed by atoms with Gasteiger partial charge in [0.2, 0.25) is 0 Å². The molecule has 0 aromatic rings. The molecule has 0 atom stereocenters. The minimum Gasteiger partial charge on any atom is -0.370 e. The lowest BCUT2D eigenvalue weighted by molar-refractivity contribution is 0.190. The molecule has 0 aromatic carbocycles. The van der Waals surface area contributed by atoms with Crippen LogP contribution in [-0.2, 0) is 0 Å². The molecule has 0 bridgehead atoms. The second-order valence-electron chi connectivity index (χ2n) is 5.71. The Morgan fingerprint density at radius 1 is 1.37 bits per heavy atom. The summed E-state index contributed by atoms with van der Waals surface area (Å²) in [5.41, 5.74) is 6.80. The lowest BCUT2D eigenvalue weighted by Crippen LogP contribution is -2.37. The number of guanidine groups is 1. The summed E-state index contributed by atoms with van der Waals surface area (Å²) in [5.74, 6) is 0.531. The number of rotatable bonds is 7. The van der Waals surface area contributed by atoms with Crippen LogP contribution in [0.3, 0.4) is 0 Å². The van der Waals surface area contributed by atoms with Crippen molar-refractivity contribution in [2.75, 3.05) is 26.7 Å². The van der Waals surface area contributed by atoms with Gasteiger partial charge in [0.15, 0.2) is 5.96 Å². The second-order valence-corrected chi connectivity index (χ2v) is 5.71. The molecule has 1 rings (SSSR count). The van der Waals surface area contributed by atoms with Crippen molar-refractivity contribution in [1.82, 2.24) is 10.2 Å². The van der Waals surface area contributed by atoms with Crippen LogP contribution in [0.5, 0.6) is 0 Å². The Morgan fingerprint density at radius 3 is 2.68 bits per heavy atom. The van der Waals surface area contributed by atoms with Gasteiger partial charge in [-0.1, -0.05) is 31.4 Å². The van der Waals surface area contributed by atoms with Gasteiger partial charge in [-0.2, -0.15) is 0 Å². The molecule has 0 spiro atoms. The van der Waals surface area contributed by atoms with E-state index in [0.29, 0.717) is 12.5 Å². The van der Waals surface area contributed by atoms with Crippen molar-refractivity contribution in [3.8, 4) is 0 Å². The van der Waals surface area contributed by atoms with Crippen LogP contribution in [0.15, 0.2) is 17.1 Å². The van der Waals surface area contributed by atoms with Gasteiger partial charge in [-0.05, 0) is 39.8 Å². The lowest BCUT2D eigenvalue weighted by atomic mass is 9.94. The average Bonchev–Trinajstić information content (AvgIpc) is 2.42. The third-order valence-corrected chi connectivity index (χ3v) is 3.71. The van der Waals surface area contributed by atoms with Crippen LogP contribution in [0, 0.1) is 0 Å². The Hall–Kier alpha value is -1.03. The zero-order chi connectivity index (χ0) is 14.1. The third-order valence-electron chi connectivity index (χ3n) is 3.71. The number of nitrogens with zero attached hydrogens (tertiary/aromatic N) is 2. The summed E-state index contributed by atoms with van der Waals surface area (Å²) >= 11 is 0. The molecule has 0 unspecified atom stereocenters. The molecule has 0 amide bonds. The number of hydrogen-bond donors (Lipinski definition) is 2. The summed E-state index contributed by atoms with van der Waals surface area (Å²) in [6.07, 6.45) is 8.05. The molecule has 1 aliphatic rings. The normalized spacial score (nSPS) is 17.7. The molecule has 1 fully saturated rings. The summed E-state index contributed by atoms with van der Waals surface area (Å²) in [5, 5.41) is 3.16. The van der Waals surface area contributed by atoms with Crippen molar-refractivity contribution < 1.29 is 0 Å². The van der Waals surface area contributed by atoms with Gasteiger partial charge in [0.05, 0.1) is 6.54 Å². The molecule has 0 saturated heterocycles. The summed E-state index contributed by atoms with van der Waals surface area (Å²) in [6.45, 7) is 8.39. The summed E-state index contributed by atoms with van der Waals surface area (Å²) < 4.78 is 0. The Labute approximate surface area is 118 Å². The van der Waals surface area contributed by atoms with E-state index < -0.39 is 0 Å². The number of nitrogens with two attached hydrogens (primary N) is 1. The van der Waals surface area contributed by atoms with E-state index in [-0.39, 0.29) is 0 Å². The molecular weight excluding hydrogens is 236 g/mol. The molecule has 4 heteroatoms. The maximum absolute atomic E-state index is 5.77. The zero-order valence-electron chi connectivity index (χ0n) is 12.6. The molecule has 1 aliphatic carbocycles. The molecular formula is C15H30N4. The first-order valence-electron chi connectivity index (χ1n) is 7.48. The van der Waals surface area contributed by atoms with Crippen molar-refractivity contribution >= 4 is 5.96 Å². The van der Waals surface area contributed by atoms with Gasteiger partial charge in [0.25, 0.3) is 0 Å². The van der Waals surface area contributed by atoms with Crippen molar-refractivity contribution in [3.63, 3.8) is 0 Å². The van der Waals surface area contributed by atoms with Crippen LogP contribution >= 0.6 is 0 Å². The molecule has 0 aliphatic heterocycles. The highest BCUT2D eigenvalue weighted by Gasteiger charge is 2.17. The van der Waals surface area contributed by atoms with Gasteiger partial charge >= 0.3 is 0 Å². The average molecular weight is 266 g/mol. The zero-order valence-corrected chi connectivity index (χ0v) is 12.6. The first kappa shape index (κ1) is 16.0. The quantitative estimate of drug-likeness (QED) is 0.321. The SMILES string of the molecule is C=C(C)CN=C(N)NCCCN(C)C1CCCCC1.